The molecule has 728 valence electrons. The van der Waals surface area contributed by atoms with Crippen LogP contribution in [0.5, 0.6) is 5.75 Å². The predicted molar refractivity (Wildman–Crippen MR) is 497 cm³/mol. The van der Waals surface area contributed by atoms with E-state index in [0.29, 0.717) is 12.0 Å². The summed E-state index contributed by atoms with van der Waals surface area (Å²) in [5, 5.41) is 92.1. The van der Waals surface area contributed by atoms with E-state index in [-0.39, 0.29) is 126 Å². The maximum atomic E-state index is 15.5. The number of phenolic OH excluding ortho intramolecular Hbond substituents is 1. The summed E-state index contributed by atoms with van der Waals surface area (Å²) in [5.74, 6) is -22.1. The van der Waals surface area contributed by atoms with E-state index in [9.17, 15) is 53.1 Å². The van der Waals surface area contributed by atoms with Gasteiger partial charge in [-0.2, -0.15) is 0 Å². The van der Waals surface area contributed by atoms with Crippen LogP contribution in [0.15, 0.2) is 54.6 Å². The molecule has 4 rings (SSSR count). The van der Waals surface area contributed by atoms with Gasteiger partial charge in [-0.3, -0.25) is 103 Å². The van der Waals surface area contributed by atoms with Crippen LogP contribution < -0.4 is 141 Å². The van der Waals surface area contributed by atoms with E-state index in [1.807, 2.05) is 0 Å². The van der Waals surface area contributed by atoms with E-state index in [1.165, 1.54) is 38.1 Å². The lowest BCUT2D eigenvalue weighted by molar-refractivity contribution is -0.136. The summed E-state index contributed by atoms with van der Waals surface area (Å²) >= 11 is 0. The predicted octanol–water partition coefficient (Wildman–Crippen LogP) is -8.10. The van der Waals surface area contributed by atoms with Crippen LogP contribution in [0, 0.1) is 39.4 Å². The normalized spacial score (nSPS) is 20.4. The Hall–Kier alpha value is -12.0. The second-order valence-electron chi connectivity index (χ2n) is 31.4. The Balaban J connectivity index is 0.0000442. The number of fused-ring (bicyclic) bond motifs is 5. The van der Waals surface area contributed by atoms with Gasteiger partial charge < -0.3 is 146 Å². The third-order valence-corrected chi connectivity index (χ3v) is 24.2. The Morgan fingerprint density at radius 1 is 0.458 bits per heavy atom. The van der Waals surface area contributed by atoms with Gasteiger partial charge in [-0.15, -0.1) is 12.4 Å². The number of nitrogens with one attached hydrogen (secondary N) is 24. The molecule has 17 amide bonds. The lowest BCUT2D eigenvalue weighted by Gasteiger charge is -2.30. The second-order valence-corrected chi connectivity index (χ2v) is 36.6. The molecule has 131 heavy (non-hydrogen) atoms. The summed E-state index contributed by atoms with van der Waals surface area (Å²) in [6, 6.07) is -6.53. The number of rotatable bonds is 39. The zero-order valence-electron chi connectivity index (χ0n) is 73.6. The van der Waals surface area contributed by atoms with Crippen molar-refractivity contribution in [1.29, 1.82) is 21.6 Å². The van der Waals surface area contributed by atoms with Crippen LogP contribution >= 0.6 is 55.6 Å². The number of benzene rings is 2. The number of nitrogens with two attached hydrogens (primary N) is 6. The third-order valence-electron chi connectivity index (χ3n) is 19.4. The molecular weight excluding hydrogens is 1810 g/mol. The second kappa shape index (κ2) is 60.0. The first-order valence-corrected chi connectivity index (χ1v) is 46.9. The van der Waals surface area contributed by atoms with Crippen molar-refractivity contribution in [3.05, 3.63) is 65.7 Å². The molecule has 53 heteroatoms. The van der Waals surface area contributed by atoms with Crippen LogP contribution in [0.1, 0.15) is 110 Å². The Morgan fingerprint density at radius 2 is 0.916 bits per heavy atom. The smallest absolute Gasteiger partial charge is 0.244 e. The van der Waals surface area contributed by atoms with Crippen LogP contribution in [0.2, 0.25) is 0 Å². The summed E-state index contributed by atoms with van der Waals surface area (Å²) < 4.78 is 0. The number of halogens is 1. The highest BCUT2D eigenvalue weighted by Crippen LogP contribution is 2.27. The fourth-order valence-corrected chi connectivity index (χ4v) is 17.1. The van der Waals surface area contributed by atoms with E-state index in [1.54, 1.807) is 58.0 Å². The van der Waals surface area contributed by atoms with Crippen LogP contribution in [0.3, 0.4) is 0 Å². The van der Waals surface area contributed by atoms with Gasteiger partial charge in [-0.25, -0.2) is 0 Å². The summed E-state index contributed by atoms with van der Waals surface area (Å²) in [6.07, 6.45) is -0.362. The zero-order chi connectivity index (χ0) is 96.7. The first-order chi connectivity index (χ1) is 61.5. The minimum atomic E-state index is -1.77. The maximum absolute atomic E-state index is 15.5. The number of hydrogen-bond acceptors (Lipinski definition) is 27. The molecule has 2 saturated heterocycles. The first kappa shape index (κ1) is 113. The molecule has 37 N–H and O–H groups in total. The van der Waals surface area contributed by atoms with Gasteiger partial charge in [0.05, 0.1) is 32.2 Å². The van der Waals surface area contributed by atoms with Crippen molar-refractivity contribution >= 4 is 180 Å². The van der Waals surface area contributed by atoms with Gasteiger partial charge in [0.1, 0.15) is 78.3 Å². The largest absolute Gasteiger partial charge is 0.508 e. The minimum absolute atomic E-state index is 0. The van der Waals surface area contributed by atoms with Crippen molar-refractivity contribution in [3.63, 3.8) is 0 Å². The summed E-state index contributed by atoms with van der Waals surface area (Å²) in [6.45, 7) is 6.98. The molecular formula is C78H127ClN30O18S4. The Bertz CT molecular complexity index is 4250. The number of phenols is 1. The van der Waals surface area contributed by atoms with Crippen molar-refractivity contribution < 1.29 is 86.6 Å². The van der Waals surface area contributed by atoms with Crippen molar-refractivity contribution in [3.8, 4) is 5.75 Å². The zero-order valence-corrected chi connectivity index (χ0v) is 77.7. The minimum Gasteiger partial charge on any atom is -0.508 e. The molecule has 2 aromatic carbocycles. The molecule has 2 fully saturated rings. The van der Waals surface area contributed by atoms with E-state index in [4.69, 9.17) is 56.0 Å². The maximum Gasteiger partial charge on any atom is 0.244 e. The molecule has 2 aliphatic heterocycles. The monoisotopic (exact) mass is 1930 g/mol. The lowest BCUT2D eigenvalue weighted by atomic mass is 10.0. The van der Waals surface area contributed by atoms with Gasteiger partial charge in [0.2, 0.25) is 100 Å². The van der Waals surface area contributed by atoms with Gasteiger partial charge >= 0.3 is 0 Å². The Morgan fingerprint density at radius 3 is 1.44 bits per heavy atom. The van der Waals surface area contributed by atoms with Crippen LogP contribution in [0.25, 0.3) is 0 Å². The van der Waals surface area contributed by atoms with Crippen molar-refractivity contribution in [2.45, 2.75) is 191 Å². The topological polar surface area (TPSA) is 803 Å². The molecule has 0 unspecified atom stereocenters. The summed E-state index contributed by atoms with van der Waals surface area (Å²) in [4.78, 5) is 245. The highest BCUT2D eigenvalue weighted by molar-refractivity contribution is 8.77. The average molecular weight is 1940 g/mol. The molecule has 0 aromatic heterocycles. The number of amides is 17. The van der Waals surface area contributed by atoms with Crippen LogP contribution in [-0.4, -0.2) is 283 Å². The van der Waals surface area contributed by atoms with Crippen molar-refractivity contribution in [2.24, 2.45) is 52.2 Å². The molecule has 0 aliphatic carbocycles. The lowest BCUT2D eigenvalue weighted by Crippen LogP contribution is -2.62. The first-order valence-electron chi connectivity index (χ1n) is 41.9. The summed E-state index contributed by atoms with van der Waals surface area (Å²) in [5.41, 5.74) is 34.1. The fourth-order valence-electron chi connectivity index (χ4n) is 12.4. The van der Waals surface area contributed by atoms with Gasteiger partial charge in [0, 0.05) is 62.0 Å². The molecule has 13 atom stereocenters. The average Bonchev–Trinajstić information content (AvgIpc) is 0.846. The number of hydrogen-bond donors (Lipinski definition) is 31. The van der Waals surface area contributed by atoms with Gasteiger partial charge in [-0.05, 0) is 98.8 Å². The Kier molecular flexibility index (Phi) is 51.8. The van der Waals surface area contributed by atoms with Gasteiger partial charge in [-0.1, -0.05) is 127 Å². The van der Waals surface area contributed by atoms with Crippen LogP contribution in [0.4, 0.5) is 0 Å². The molecule has 48 nitrogen and oxygen atoms in total. The molecule has 0 spiro atoms. The fraction of sp³-hybridized carbons (Fsp3) is 0.577. The molecule has 2 bridgehead atoms. The van der Waals surface area contributed by atoms with E-state index in [2.05, 4.69) is 106 Å². The Labute approximate surface area is 779 Å². The van der Waals surface area contributed by atoms with Crippen molar-refractivity contribution in [1.82, 2.24) is 106 Å². The van der Waals surface area contributed by atoms with Gasteiger partial charge in [0.25, 0.3) is 0 Å². The van der Waals surface area contributed by atoms with E-state index >= 15 is 33.6 Å². The highest BCUT2D eigenvalue weighted by atomic mass is 35.5. The van der Waals surface area contributed by atoms with Gasteiger partial charge in [0.15, 0.2) is 23.8 Å². The molecule has 2 aromatic rings. The highest BCUT2D eigenvalue weighted by Gasteiger charge is 2.39. The van der Waals surface area contributed by atoms with E-state index < -0.39 is 258 Å². The molecule has 2 aliphatic rings. The third kappa shape index (κ3) is 44.9. The van der Waals surface area contributed by atoms with Crippen molar-refractivity contribution in [2.75, 3.05) is 75.4 Å². The standard InChI is InChI=1S/C78H126N30O18S4.ClH/c1-39(2)28-49(99-57(111)32-93-56(110)31-94-63(115)45(79)16-10-24-89-75(81)82)66(118)103-53-36-128-130-38-55(72(124)107-60(40(3)4)73(125)96-34-58(112)97-46(62(80)114)17-11-25-90-76(83)84)106-74(126)61(41(5)6)108-71(123)54-37-129-127-35-52(104-68(120)51(102-70(53)122)30-43-20-22-44(109)23-21-43)69(121)100-47(18-12-26-91-77(85)86)64(116)95-33-59(113)98-48(19-13-27-92-78(87)88)65(117)101-50(67(119)105-54)29-42-14-8-7-9-15-42;/h7-9,14-15,20-23,39-41,45-55,60-61,109H,10-13,16-19,24-38,79H2,1-6H3,(H2,80,114)(H,93,110)(H,94,115)(H,95,116)(H,96,125)(H,97,112)(H,98,113)(H,99,111)(H,100,121)(H,101,117)(H,102,122)(H,103,118)(H,104,120)(H,105,119)(H,106,126)(H,107,124)(H,108,123)(H4,81,82,89)(H4,83,84,90)(H4,85,86,91)(H4,87,88,92);1H/t45-,46-,47-,48-,49-,50-,51-,52-,53-,54-,55-,60-,61-;/m0./s1. The SMILES string of the molecule is CC(C)C[C@H](NC(=O)CNC(=O)CNC(=O)[C@@H](N)CCCNC(=N)N)C(=O)N[C@H]1CSSC[C@@H](C(=O)N[C@H](C(=O)NCC(=O)N[C@@H](CCCNC(=N)N)C(N)=O)C(C)C)NC(=O)[C@H](C(C)C)NC(=O)[C@@H]2CSSC[C@H](NC(=O)[C@H](Cc3ccc(O)cc3)NC1=O)C(=O)N[C@@H](CCCNC(=N)N)C(=O)NCC(=O)N[C@@H](CCCNC(=N)N)C(=O)N[C@@H](Cc1ccccc1)C(=O)N2.Cl. The number of guanidine groups is 4. The van der Waals surface area contributed by atoms with Crippen LogP contribution in [-0.2, 0) is 94.3 Å². The molecule has 0 saturated carbocycles. The summed E-state index contributed by atoms with van der Waals surface area (Å²) in [7, 11) is 3.28. The molecule has 0 radical (unpaired) electrons. The van der Waals surface area contributed by atoms with E-state index in [0.717, 1.165) is 43.2 Å². The number of primary amides is 1. The number of carbonyl (C=O) groups is 17. The quantitative estimate of drug-likeness (QED) is 0.0128. The number of carbonyl (C=O) groups excluding carboxylic acids is 17. The number of aromatic hydroxyl groups is 1. The molecule has 2 heterocycles.